The van der Waals surface area contributed by atoms with Crippen molar-refractivity contribution >= 4 is 23.1 Å². The van der Waals surface area contributed by atoms with Gasteiger partial charge < -0.3 is 0 Å². The van der Waals surface area contributed by atoms with Crippen molar-refractivity contribution in [3.05, 3.63) is 74.3 Å². The van der Waals surface area contributed by atoms with Gasteiger partial charge in [0.1, 0.15) is 0 Å². The maximum absolute atomic E-state index is 12.3. The van der Waals surface area contributed by atoms with E-state index in [0.29, 0.717) is 21.7 Å². The summed E-state index contributed by atoms with van der Waals surface area (Å²) in [5.74, 6) is -0.181. The lowest BCUT2D eigenvalue weighted by Crippen LogP contribution is -2.07. The van der Waals surface area contributed by atoms with E-state index in [2.05, 4.69) is 0 Å². The molecule has 0 aromatic heterocycles. The van der Waals surface area contributed by atoms with Gasteiger partial charge in [0.2, 0.25) is 0 Å². The molecule has 0 fully saturated rings. The summed E-state index contributed by atoms with van der Waals surface area (Å²) in [6, 6.07) is 11.4. The van der Waals surface area contributed by atoms with E-state index in [0.717, 1.165) is 0 Å². The van der Waals surface area contributed by atoms with Crippen molar-refractivity contribution in [2.75, 3.05) is 0 Å². The van der Waals surface area contributed by atoms with Crippen LogP contribution in [-0.2, 0) is 6.42 Å². The van der Waals surface area contributed by atoms with Crippen LogP contribution in [0.1, 0.15) is 21.5 Å². The molecule has 0 aliphatic carbocycles. The van der Waals surface area contributed by atoms with E-state index in [9.17, 15) is 14.9 Å². The molecule has 0 N–H and O–H groups in total. The van der Waals surface area contributed by atoms with Crippen LogP contribution >= 0.6 is 11.6 Å². The lowest BCUT2D eigenvalue weighted by Gasteiger charge is -2.06. The van der Waals surface area contributed by atoms with Gasteiger partial charge in [-0.15, -0.1) is 0 Å². The van der Waals surface area contributed by atoms with Gasteiger partial charge in [0.15, 0.2) is 5.78 Å². The Morgan fingerprint density at radius 2 is 1.95 bits per heavy atom. The molecule has 0 aliphatic heterocycles. The standard InChI is InChI=1S/C15H12ClNO3/c1-10-6-7-12(17(19)20)9-13(10)15(18)8-11-4-2-3-5-14(11)16/h2-7,9H,8H2,1H3. The predicted octanol–water partition coefficient (Wildman–Crippen LogP) is 3.98. The summed E-state index contributed by atoms with van der Waals surface area (Å²) in [5.41, 5.74) is 1.70. The topological polar surface area (TPSA) is 60.2 Å². The summed E-state index contributed by atoms with van der Waals surface area (Å²) < 4.78 is 0. The number of Topliss-reactive ketones (excluding diaryl/α,β-unsaturated/α-hetero) is 1. The van der Waals surface area contributed by atoms with Gasteiger partial charge in [-0.05, 0) is 24.1 Å². The van der Waals surface area contributed by atoms with E-state index in [1.165, 1.54) is 12.1 Å². The van der Waals surface area contributed by atoms with E-state index in [1.54, 1.807) is 37.3 Å². The Morgan fingerprint density at radius 1 is 1.25 bits per heavy atom. The number of ketones is 1. The van der Waals surface area contributed by atoms with Gasteiger partial charge in [-0.2, -0.15) is 0 Å². The third-order valence-corrected chi connectivity index (χ3v) is 3.41. The Bertz CT molecular complexity index is 683. The summed E-state index contributed by atoms with van der Waals surface area (Å²) in [5, 5.41) is 11.3. The maximum Gasteiger partial charge on any atom is 0.270 e. The highest BCUT2D eigenvalue weighted by Crippen LogP contribution is 2.21. The Morgan fingerprint density at radius 3 is 2.60 bits per heavy atom. The molecule has 0 heterocycles. The maximum atomic E-state index is 12.3. The predicted molar refractivity (Wildman–Crippen MR) is 77.3 cm³/mol. The van der Waals surface area contributed by atoms with Crippen molar-refractivity contribution in [1.82, 2.24) is 0 Å². The van der Waals surface area contributed by atoms with Crippen molar-refractivity contribution in [3.8, 4) is 0 Å². The van der Waals surface area contributed by atoms with Crippen LogP contribution in [0, 0.1) is 17.0 Å². The smallest absolute Gasteiger partial charge is 0.270 e. The molecule has 0 amide bonds. The van der Waals surface area contributed by atoms with Gasteiger partial charge >= 0.3 is 0 Å². The molecule has 4 nitrogen and oxygen atoms in total. The molecule has 2 rings (SSSR count). The zero-order valence-corrected chi connectivity index (χ0v) is 11.6. The molecule has 20 heavy (non-hydrogen) atoms. The number of carbonyl (C=O) groups is 1. The summed E-state index contributed by atoms with van der Waals surface area (Å²) in [7, 11) is 0. The van der Waals surface area contributed by atoms with Crippen LogP contribution in [0.2, 0.25) is 5.02 Å². The summed E-state index contributed by atoms with van der Waals surface area (Å²) in [4.78, 5) is 22.5. The number of carbonyl (C=O) groups excluding carboxylic acids is 1. The molecule has 0 saturated carbocycles. The van der Waals surface area contributed by atoms with Gasteiger partial charge in [-0.1, -0.05) is 35.9 Å². The fourth-order valence-electron chi connectivity index (χ4n) is 1.93. The highest BCUT2D eigenvalue weighted by atomic mass is 35.5. The monoisotopic (exact) mass is 289 g/mol. The number of hydrogen-bond donors (Lipinski definition) is 0. The van der Waals surface area contributed by atoms with Crippen LogP contribution in [-0.4, -0.2) is 10.7 Å². The normalized spacial score (nSPS) is 10.3. The van der Waals surface area contributed by atoms with E-state index >= 15 is 0 Å². The van der Waals surface area contributed by atoms with E-state index in [4.69, 9.17) is 11.6 Å². The van der Waals surface area contributed by atoms with Crippen LogP contribution in [0.5, 0.6) is 0 Å². The number of benzene rings is 2. The second-order valence-electron chi connectivity index (χ2n) is 4.45. The van der Waals surface area contributed by atoms with Crippen LogP contribution < -0.4 is 0 Å². The second kappa shape index (κ2) is 5.84. The zero-order valence-electron chi connectivity index (χ0n) is 10.8. The molecule has 5 heteroatoms. The summed E-state index contributed by atoms with van der Waals surface area (Å²) in [6.07, 6.45) is 0.127. The number of nitro groups is 1. The molecule has 102 valence electrons. The molecule has 0 spiro atoms. The van der Waals surface area contributed by atoms with Crippen LogP contribution in [0.3, 0.4) is 0 Å². The Balaban J connectivity index is 2.32. The minimum Gasteiger partial charge on any atom is -0.294 e. The zero-order chi connectivity index (χ0) is 14.7. The van der Waals surface area contributed by atoms with Crippen molar-refractivity contribution in [3.63, 3.8) is 0 Å². The average Bonchev–Trinajstić information content (AvgIpc) is 2.41. The third kappa shape index (κ3) is 3.03. The molecular weight excluding hydrogens is 278 g/mol. The van der Waals surface area contributed by atoms with Gasteiger partial charge in [-0.3, -0.25) is 14.9 Å². The lowest BCUT2D eigenvalue weighted by atomic mass is 9.98. The quantitative estimate of drug-likeness (QED) is 0.486. The minimum absolute atomic E-state index is 0.0851. The van der Waals surface area contributed by atoms with Gasteiger partial charge in [0.05, 0.1) is 4.92 Å². The van der Waals surface area contributed by atoms with E-state index < -0.39 is 4.92 Å². The first-order valence-corrected chi connectivity index (χ1v) is 6.38. The van der Waals surface area contributed by atoms with Gasteiger partial charge in [0.25, 0.3) is 5.69 Å². The van der Waals surface area contributed by atoms with Crippen molar-refractivity contribution in [1.29, 1.82) is 0 Å². The number of nitro benzene ring substituents is 1. The molecule has 2 aromatic carbocycles. The average molecular weight is 290 g/mol. The second-order valence-corrected chi connectivity index (χ2v) is 4.85. The number of aryl methyl sites for hydroxylation is 1. The SMILES string of the molecule is Cc1ccc([N+](=O)[O-])cc1C(=O)Cc1ccccc1Cl. The summed E-state index contributed by atoms with van der Waals surface area (Å²) >= 11 is 6.02. The van der Waals surface area contributed by atoms with E-state index in [1.807, 2.05) is 0 Å². The Labute approximate surface area is 121 Å². The third-order valence-electron chi connectivity index (χ3n) is 3.04. The van der Waals surface area contributed by atoms with Gasteiger partial charge in [0, 0.05) is 29.1 Å². The Hall–Kier alpha value is -2.20. The molecule has 0 aliphatic rings. The molecule has 0 bridgehead atoms. The first-order valence-electron chi connectivity index (χ1n) is 6.00. The van der Waals surface area contributed by atoms with Crippen LogP contribution in [0.4, 0.5) is 5.69 Å². The molecular formula is C15H12ClNO3. The molecule has 0 saturated heterocycles. The number of non-ortho nitro benzene ring substituents is 1. The molecule has 0 atom stereocenters. The molecule has 2 aromatic rings. The number of hydrogen-bond acceptors (Lipinski definition) is 3. The fraction of sp³-hybridized carbons (Fsp3) is 0.133. The Kier molecular flexibility index (Phi) is 4.15. The largest absolute Gasteiger partial charge is 0.294 e. The molecule has 0 unspecified atom stereocenters. The minimum atomic E-state index is -0.508. The van der Waals surface area contributed by atoms with Crippen LogP contribution in [0.15, 0.2) is 42.5 Å². The first-order chi connectivity index (χ1) is 9.49. The van der Waals surface area contributed by atoms with Crippen molar-refractivity contribution in [2.24, 2.45) is 0 Å². The molecule has 0 radical (unpaired) electrons. The van der Waals surface area contributed by atoms with Crippen molar-refractivity contribution in [2.45, 2.75) is 13.3 Å². The lowest BCUT2D eigenvalue weighted by molar-refractivity contribution is -0.384. The van der Waals surface area contributed by atoms with Crippen molar-refractivity contribution < 1.29 is 9.72 Å². The number of rotatable bonds is 4. The highest BCUT2D eigenvalue weighted by Gasteiger charge is 2.15. The van der Waals surface area contributed by atoms with Crippen LogP contribution in [0.25, 0.3) is 0 Å². The fourth-order valence-corrected chi connectivity index (χ4v) is 2.14. The van der Waals surface area contributed by atoms with Gasteiger partial charge in [-0.25, -0.2) is 0 Å². The summed E-state index contributed by atoms with van der Waals surface area (Å²) in [6.45, 7) is 1.75. The van der Waals surface area contributed by atoms with E-state index in [-0.39, 0.29) is 17.9 Å². The number of halogens is 1. The number of nitrogens with zero attached hydrogens (tertiary/aromatic N) is 1. The highest BCUT2D eigenvalue weighted by molar-refractivity contribution is 6.31. The first kappa shape index (κ1) is 14.2.